The Morgan fingerprint density at radius 1 is 1.16 bits per heavy atom. The number of nitrogens with one attached hydrogen (secondary N) is 2. The first-order valence-corrected chi connectivity index (χ1v) is 7.14. The first-order chi connectivity index (χ1) is 9.19. The van der Waals surface area contributed by atoms with Gasteiger partial charge in [0, 0.05) is 18.6 Å². The van der Waals surface area contributed by atoms with Gasteiger partial charge < -0.3 is 10.4 Å². The Labute approximate surface area is 113 Å². The van der Waals surface area contributed by atoms with Gasteiger partial charge in [0.05, 0.1) is 13.2 Å². The molecule has 0 aromatic heterocycles. The van der Waals surface area contributed by atoms with Crippen LogP contribution in [0, 0.1) is 0 Å². The summed E-state index contributed by atoms with van der Waals surface area (Å²) in [5.41, 5.74) is 0. The van der Waals surface area contributed by atoms with E-state index in [0.29, 0.717) is 12.6 Å². The van der Waals surface area contributed by atoms with Gasteiger partial charge >= 0.3 is 6.03 Å². The van der Waals surface area contributed by atoms with Crippen molar-refractivity contribution >= 4 is 11.9 Å². The van der Waals surface area contributed by atoms with Gasteiger partial charge in [0.25, 0.3) is 0 Å². The molecule has 2 aliphatic carbocycles. The number of carbonyl (C=O) groups excluding carboxylic acids is 2. The molecule has 0 saturated heterocycles. The van der Waals surface area contributed by atoms with Crippen molar-refractivity contribution in [2.45, 2.75) is 50.6 Å². The molecule has 6 nitrogen and oxygen atoms in total. The standard InChI is InChI=1S/C13H23N3O3/c17-8-7-16(11-3-1-2-4-11)9-12(18)15-13(19)14-10-5-6-10/h10-11,17H,1-9H2,(H2,14,15,18,19). The molecule has 0 radical (unpaired) electrons. The van der Waals surface area contributed by atoms with E-state index < -0.39 is 6.03 Å². The number of urea groups is 1. The van der Waals surface area contributed by atoms with Crippen molar-refractivity contribution in [3.63, 3.8) is 0 Å². The van der Waals surface area contributed by atoms with Crippen molar-refractivity contribution in [1.82, 2.24) is 15.5 Å². The zero-order valence-electron chi connectivity index (χ0n) is 11.2. The molecule has 0 aromatic carbocycles. The van der Waals surface area contributed by atoms with E-state index in [9.17, 15) is 9.59 Å². The molecule has 0 aromatic rings. The third-order valence-electron chi connectivity index (χ3n) is 3.74. The van der Waals surface area contributed by atoms with Crippen molar-refractivity contribution in [2.24, 2.45) is 0 Å². The predicted octanol–water partition coefficient (Wildman–Crippen LogP) is 0.212. The summed E-state index contributed by atoms with van der Waals surface area (Å²) in [6.07, 6.45) is 6.50. The molecule has 0 atom stereocenters. The van der Waals surface area contributed by atoms with Crippen LogP contribution in [-0.2, 0) is 4.79 Å². The average molecular weight is 269 g/mol. The lowest BCUT2D eigenvalue weighted by Crippen LogP contribution is -2.47. The Balaban J connectivity index is 1.74. The molecule has 0 aliphatic heterocycles. The summed E-state index contributed by atoms with van der Waals surface area (Å²) >= 11 is 0. The summed E-state index contributed by atoms with van der Waals surface area (Å²) in [7, 11) is 0. The Kier molecular flexibility index (Phi) is 5.15. The van der Waals surface area contributed by atoms with Crippen molar-refractivity contribution < 1.29 is 14.7 Å². The first-order valence-electron chi connectivity index (χ1n) is 7.14. The van der Waals surface area contributed by atoms with E-state index in [4.69, 9.17) is 5.11 Å². The molecule has 0 heterocycles. The Morgan fingerprint density at radius 3 is 2.42 bits per heavy atom. The molecule has 0 spiro atoms. The Hall–Kier alpha value is -1.14. The number of carbonyl (C=O) groups is 2. The van der Waals surface area contributed by atoms with Crippen LogP contribution in [0.3, 0.4) is 0 Å². The van der Waals surface area contributed by atoms with Crippen LogP contribution in [0.15, 0.2) is 0 Å². The van der Waals surface area contributed by atoms with Gasteiger partial charge in [-0.25, -0.2) is 4.79 Å². The summed E-state index contributed by atoms with van der Waals surface area (Å²) in [5, 5.41) is 14.1. The molecule has 2 aliphatic rings. The van der Waals surface area contributed by atoms with Gasteiger partial charge in [-0.15, -0.1) is 0 Å². The number of aliphatic hydroxyl groups is 1. The van der Waals surface area contributed by atoms with E-state index in [1.165, 1.54) is 12.8 Å². The molecular weight excluding hydrogens is 246 g/mol. The fourth-order valence-corrected chi connectivity index (χ4v) is 2.59. The molecule has 0 unspecified atom stereocenters. The number of nitrogens with zero attached hydrogens (tertiary/aromatic N) is 1. The third-order valence-corrected chi connectivity index (χ3v) is 3.74. The highest BCUT2D eigenvalue weighted by atomic mass is 16.3. The fraction of sp³-hybridized carbons (Fsp3) is 0.846. The number of amides is 3. The monoisotopic (exact) mass is 269 g/mol. The smallest absolute Gasteiger partial charge is 0.321 e. The van der Waals surface area contributed by atoms with Gasteiger partial charge in [-0.2, -0.15) is 0 Å². The van der Waals surface area contributed by atoms with Crippen molar-refractivity contribution in [3.8, 4) is 0 Å². The van der Waals surface area contributed by atoms with Crippen LogP contribution in [-0.4, -0.2) is 53.7 Å². The summed E-state index contributed by atoms with van der Waals surface area (Å²) in [4.78, 5) is 25.2. The molecule has 108 valence electrons. The maximum Gasteiger partial charge on any atom is 0.321 e. The summed E-state index contributed by atoms with van der Waals surface area (Å²) < 4.78 is 0. The normalized spacial score (nSPS) is 19.7. The van der Waals surface area contributed by atoms with E-state index in [-0.39, 0.29) is 25.1 Å². The van der Waals surface area contributed by atoms with Crippen LogP contribution in [0.2, 0.25) is 0 Å². The molecule has 3 N–H and O–H groups in total. The molecule has 3 amide bonds. The number of hydrogen-bond acceptors (Lipinski definition) is 4. The van der Waals surface area contributed by atoms with E-state index in [1.807, 2.05) is 4.90 Å². The lowest BCUT2D eigenvalue weighted by atomic mass is 10.2. The predicted molar refractivity (Wildman–Crippen MR) is 70.6 cm³/mol. The van der Waals surface area contributed by atoms with Gasteiger partial charge in [0.2, 0.25) is 5.91 Å². The largest absolute Gasteiger partial charge is 0.395 e. The second-order valence-corrected chi connectivity index (χ2v) is 5.43. The number of imide groups is 1. The molecule has 2 rings (SSSR count). The SMILES string of the molecule is O=C(CN(CCO)C1CCCC1)NC(=O)NC1CC1. The van der Waals surface area contributed by atoms with Crippen molar-refractivity contribution in [2.75, 3.05) is 19.7 Å². The number of hydrogen-bond donors (Lipinski definition) is 3. The molecule has 2 fully saturated rings. The van der Waals surface area contributed by atoms with E-state index in [1.54, 1.807) is 0 Å². The second-order valence-electron chi connectivity index (χ2n) is 5.43. The molecule has 19 heavy (non-hydrogen) atoms. The minimum Gasteiger partial charge on any atom is -0.395 e. The zero-order valence-corrected chi connectivity index (χ0v) is 11.2. The second kappa shape index (κ2) is 6.86. The van der Waals surface area contributed by atoms with Crippen LogP contribution < -0.4 is 10.6 Å². The van der Waals surface area contributed by atoms with Crippen LogP contribution >= 0.6 is 0 Å². The Bertz CT molecular complexity index is 325. The van der Waals surface area contributed by atoms with Crippen LogP contribution in [0.25, 0.3) is 0 Å². The highest BCUT2D eigenvalue weighted by Gasteiger charge is 2.26. The summed E-state index contributed by atoms with van der Waals surface area (Å²) in [6.45, 7) is 0.712. The quantitative estimate of drug-likeness (QED) is 0.644. The first kappa shape index (κ1) is 14.3. The van der Waals surface area contributed by atoms with Gasteiger partial charge in [0.15, 0.2) is 0 Å². The lowest BCUT2D eigenvalue weighted by molar-refractivity contribution is -0.121. The van der Waals surface area contributed by atoms with Crippen molar-refractivity contribution in [1.29, 1.82) is 0 Å². The molecule has 6 heteroatoms. The third kappa shape index (κ3) is 4.80. The highest BCUT2D eigenvalue weighted by Crippen LogP contribution is 2.23. The maximum atomic E-state index is 11.8. The number of rotatable bonds is 6. The van der Waals surface area contributed by atoms with Crippen molar-refractivity contribution in [3.05, 3.63) is 0 Å². The van der Waals surface area contributed by atoms with Crippen LogP contribution in [0.4, 0.5) is 4.79 Å². The van der Waals surface area contributed by atoms with Crippen LogP contribution in [0.1, 0.15) is 38.5 Å². The topological polar surface area (TPSA) is 81.7 Å². The van der Waals surface area contributed by atoms with Gasteiger partial charge in [-0.05, 0) is 25.7 Å². The zero-order chi connectivity index (χ0) is 13.7. The lowest BCUT2D eigenvalue weighted by Gasteiger charge is -2.27. The summed E-state index contributed by atoms with van der Waals surface area (Å²) in [5.74, 6) is -0.293. The van der Waals surface area contributed by atoms with E-state index in [2.05, 4.69) is 10.6 Å². The van der Waals surface area contributed by atoms with Gasteiger partial charge in [-0.1, -0.05) is 12.8 Å². The minimum absolute atomic E-state index is 0.0397. The van der Waals surface area contributed by atoms with E-state index >= 15 is 0 Å². The molecule has 2 saturated carbocycles. The fourth-order valence-electron chi connectivity index (χ4n) is 2.59. The average Bonchev–Trinajstić information content (AvgIpc) is 2.99. The highest BCUT2D eigenvalue weighted by molar-refractivity contribution is 5.95. The molecule has 0 bridgehead atoms. The molecular formula is C13H23N3O3. The Morgan fingerprint density at radius 2 is 1.84 bits per heavy atom. The van der Waals surface area contributed by atoms with E-state index in [0.717, 1.165) is 25.7 Å². The minimum atomic E-state index is -0.400. The number of aliphatic hydroxyl groups excluding tert-OH is 1. The maximum absolute atomic E-state index is 11.8. The van der Waals surface area contributed by atoms with Crippen LogP contribution in [0.5, 0.6) is 0 Å². The van der Waals surface area contributed by atoms with Gasteiger partial charge in [-0.3, -0.25) is 15.0 Å². The van der Waals surface area contributed by atoms with Gasteiger partial charge in [0.1, 0.15) is 0 Å². The summed E-state index contributed by atoms with van der Waals surface area (Å²) in [6, 6.07) is 0.212.